The molecule has 0 spiro atoms. The molecule has 5 heteroatoms. The lowest BCUT2D eigenvalue weighted by Gasteiger charge is -2.10. The molecule has 0 atom stereocenters. The van der Waals surface area contributed by atoms with E-state index in [1.54, 1.807) is 29.1 Å². The molecule has 4 nitrogen and oxygen atoms in total. The fourth-order valence-electron chi connectivity index (χ4n) is 1.68. The third kappa shape index (κ3) is 3.67. The quantitative estimate of drug-likeness (QED) is 0.865. The second kappa shape index (κ2) is 6.02. The first-order valence-corrected chi connectivity index (χ1v) is 6.84. The number of halogens is 1. The van der Waals surface area contributed by atoms with Gasteiger partial charge in [-0.2, -0.15) is 0 Å². The van der Waals surface area contributed by atoms with Crippen molar-refractivity contribution < 1.29 is 4.74 Å². The lowest BCUT2D eigenvalue weighted by atomic mass is 10.2. The number of hydrogen-bond donors (Lipinski definition) is 0. The highest BCUT2D eigenvalue weighted by molar-refractivity contribution is 9.10. The van der Waals surface area contributed by atoms with Crippen molar-refractivity contribution in [3.63, 3.8) is 0 Å². The molecule has 0 aliphatic rings. The van der Waals surface area contributed by atoms with E-state index in [0.29, 0.717) is 18.2 Å². The highest BCUT2D eigenvalue weighted by atomic mass is 79.9. The molecule has 0 aliphatic carbocycles. The van der Waals surface area contributed by atoms with E-state index in [0.717, 1.165) is 4.47 Å². The lowest BCUT2D eigenvalue weighted by Crippen LogP contribution is -2.23. The van der Waals surface area contributed by atoms with Crippen LogP contribution in [0.4, 0.5) is 0 Å². The van der Waals surface area contributed by atoms with Crippen LogP contribution >= 0.6 is 15.9 Å². The molecule has 0 saturated heterocycles. The minimum absolute atomic E-state index is 0.0984. The lowest BCUT2D eigenvalue weighted by molar-refractivity contribution is 0.432. The van der Waals surface area contributed by atoms with E-state index in [9.17, 15) is 4.79 Å². The van der Waals surface area contributed by atoms with Gasteiger partial charge < -0.3 is 9.30 Å². The Morgan fingerprint density at radius 1 is 1.42 bits per heavy atom. The summed E-state index contributed by atoms with van der Waals surface area (Å²) in [5.74, 6) is 1.07. The zero-order chi connectivity index (χ0) is 13.8. The van der Waals surface area contributed by atoms with E-state index in [1.807, 2.05) is 12.1 Å². The summed E-state index contributed by atoms with van der Waals surface area (Å²) in [5, 5.41) is 0. The molecule has 19 heavy (non-hydrogen) atoms. The Bertz CT molecular complexity index is 623. The monoisotopic (exact) mass is 322 g/mol. The summed E-state index contributed by atoms with van der Waals surface area (Å²) in [5.41, 5.74) is -0.212. The zero-order valence-corrected chi connectivity index (χ0v) is 12.4. The molecule has 0 radical (unpaired) electrons. The number of benzene rings is 1. The fourth-order valence-corrected chi connectivity index (χ4v) is 2.05. The molecule has 1 aromatic carbocycles. The topological polar surface area (TPSA) is 44.1 Å². The maximum atomic E-state index is 12.2. The zero-order valence-electron chi connectivity index (χ0n) is 10.8. The second-order valence-corrected chi connectivity index (χ2v) is 5.56. The minimum Gasteiger partial charge on any atom is -0.435 e. The number of rotatable bonds is 4. The number of nitrogens with zero attached hydrogens (tertiary/aromatic N) is 2. The van der Waals surface area contributed by atoms with Crippen LogP contribution in [-0.4, -0.2) is 9.55 Å². The molecule has 1 aromatic heterocycles. The van der Waals surface area contributed by atoms with Gasteiger partial charge in [0.15, 0.2) is 0 Å². The predicted octanol–water partition coefficient (Wildman–Crippen LogP) is 3.45. The first-order valence-electron chi connectivity index (χ1n) is 6.05. The van der Waals surface area contributed by atoms with Gasteiger partial charge >= 0.3 is 5.56 Å². The Morgan fingerprint density at radius 3 is 2.89 bits per heavy atom. The standard InChI is InChI=1S/C14H15BrN2O2/c1-10(2)9-17-7-6-16-13(14(17)18)19-12-5-3-4-11(15)8-12/h3-8,10H,9H2,1-2H3. The average Bonchev–Trinajstić information content (AvgIpc) is 2.34. The molecule has 0 N–H and O–H groups in total. The number of aromatic nitrogens is 2. The van der Waals surface area contributed by atoms with Crippen LogP contribution in [0.15, 0.2) is 45.9 Å². The molecule has 0 amide bonds. The maximum Gasteiger partial charge on any atom is 0.313 e. The van der Waals surface area contributed by atoms with Crippen molar-refractivity contribution in [3.8, 4) is 11.6 Å². The molecule has 100 valence electrons. The van der Waals surface area contributed by atoms with Gasteiger partial charge in [-0.1, -0.05) is 35.8 Å². The van der Waals surface area contributed by atoms with Gasteiger partial charge in [0.2, 0.25) is 0 Å². The van der Waals surface area contributed by atoms with Crippen molar-refractivity contribution in [2.75, 3.05) is 0 Å². The van der Waals surface area contributed by atoms with E-state index in [4.69, 9.17) is 4.74 Å². The van der Waals surface area contributed by atoms with Crippen LogP contribution < -0.4 is 10.3 Å². The van der Waals surface area contributed by atoms with Crippen LogP contribution in [0.25, 0.3) is 0 Å². The van der Waals surface area contributed by atoms with Crippen LogP contribution in [0.3, 0.4) is 0 Å². The molecule has 0 saturated carbocycles. The number of hydrogen-bond acceptors (Lipinski definition) is 3. The van der Waals surface area contributed by atoms with E-state index in [-0.39, 0.29) is 11.4 Å². The first kappa shape index (κ1) is 13.8. The van der Waals surface area contributed by atoms with Crippen LogP contribution in [-0.2, 0) is 6.54 Å². The summed E-state index contributed by atoms with van der Waals surface area (Å²) in [6.07, 6.45) is 3.26. The van der Waals surface area contributed by atoms with Gasteiger partial charge in [-0.15, -0.1) is 0 Å². The Kier molecular flexibility index (Phi) is 4.37. The predicted molar refractivity (Wildman–Crippen MR) is 77.6 cm³/mol. The van der Waals surface area contributed by atoms with Gasteiger partial charge in [-0.3, -0.25) is 4.79 Å². The third-order valence-electron chi connectivity index (χ3n) is 2.45. The van der Waals surface area contributed by atoms with Gasteiger partial charge in [0.1, 0.15) is 5.75 Å². The van der Waals surface area contributed by atoms with Gasteiger partial charge in [0.05, 0.1) is 0 Å². The molecule has 1 heterocycles. The van der Waals surface area contributed by atoms with Gasteiger partial charge in [0, 0.05) is 23.4 Å². The van der Waals surface area contributed by atoms with Gasteiger partial charge in [0.25, 0.3) is 5.88 Å². The minimum atomic E-state index is -0.212. The summed E-state index contributed by atoms with van der Waals surface area (Å²) < 4.78 is 8.05. The SMILES string of the molecule is CC(C)Cn1ccnc(Oc2cccc(Br)c2)c1=O. The van der Waals surface area contributed by atoms with E-state index in [1.165, 1.54) is 0 Å². The van der Waals surface area contributed by atoms with Crippen molar-refractivity contribution in [1.29, 1.82) is 0 Å². The summed E-state index contributed by atoms with van der Waals surface area (Å²) in [7, 11) is 0. The second-order valence-electron chi connectivity index (χ2n) is 4.64. The summed E-state index contributed by atoms with van der Waals surface area (Å²) in [4.78, 5) is 16.2. The molecule has 2 rings (SSSR count). The smallest absolute Gasteiger partial charge is 0.313 e. The highest BCUT2D eigenvalue weighted by Gasteiger charge is 2.08. The van der Waals surface area contributed by atoms with Gasteiger partial charge in [-0.05, 0) is 24.1 Å². The van der Waals surface area contributed by atoms with Crippen molar-refractivity contribution in [3.05, 3.63) is 51.5 Å². The normalized spacial score (nSPS) is 10.7. The largest absolute Gasteiger partial charge is 0.435 e. The van der Waals surface area contributed by atoms with Gasteiger partial charge in [-0.25, -0.2) is 4.98 Å². The molecular formula is C14H15BrN2O2. The van der Waals surface area contributed by atoms with E-state index in [2.05, 4.69) is 34.8 Å². The molecule has 2 aromatic rings. The Morgan fingerprint density at radius 2 is 2.21 bits per heavy atom. The van der Waals surface area contributed by atoms with Crippen LogP contribution in [0.5, 0.6) is 11.6 Å². The summed E-state index contributed by atoms with van der Waals surface area (Å²) >= 11 is 3.36. The molecule has 0 unspecified atom stereocenters. The fraction of sp³-hybridized carbons (Fsp3) is 0.286. The Hall–Kier alpha value is -1.62. The van der Waals surface area contributed by atoms with Crippen molar-refractivity contribution in [2.24, 2.45) is 5.92 Å². The van der Waals surface area contributed by atoms with Crippen LogP contribution in [0.2, 0.25) is 0 Å². The Balaban J connectivity index is 2.28. The summed E-state index contributed by atoms with van der Waals surface area (Å²) in [6.45, 7) is 4.76. The molecular weight excluding hydrogens is 308 g/mol. The highest BCUT2D eigenvalue weighted by Crippen LogP contribution is 2.21. The van der Waals surface area contributed by atoms with E-state index < -0.39 is 0 Å². The first-order chi connectivity index (χ1) is 9.06. The van der Waals surface area contributed by atoms with E-state index >= 15 is 0 Å². The molecule has 0 aliphatic heterocycles. The number of ether oxygens (including phenoxy) is 1. The Labute approximate surface area is 120 Å². The third-order valence-corrected chi connectivity index (χ3v) is 2.95. The molecule has 0 bridgehead atoms. The van der Waals surface area contributed by atoms with Crippen LogP contribution in [0.1, 0.15) is 13.8 Å². The maximum absolute atomic E-state index is 12.2. The van der Waals surface area contributed by atoms with Crippen molar-refractivity contribution in [1.82, 2.24) is 9.55 Å². The average molecular weight is 323 g/mol. The summed E-state index contributed by atoms with van der Waals surface area (Å²) in [6, 6.07) is 7.31. The van der Waals surface area contributed by atoms with Crippen molar-refractivity contribution in [2.45, 2.75) is 20.4 Å². The van der Waals surface area contributed by atoms with Crippen LogP contribution in [0, 0.1) is 5.92 Å². The van der Waals surface area contributed by atoms with Crippen molar-refractivity contribution >= 4 is 15.9 Å². The molecule has 0 fully saturated rings.